The average Bonchev–Trinajstić information content (AvgIpc) is 2.44. The van der Waals surface area contributed by atoms with Gasteiger partial charge in [0.15, 0.2) is 0 Å². The zero-order chi connectivity index (χ0) is 15.7. The van der Waals surface area contributed by atoms with Crippen molar-refractivity contribution in [1.82, 2.24) is 15.0 Å². The monoisotopic (exact) mass is 314 g/mol. The fourth-order valence-corrected chi connectivity index (χ4v) is 2.05. The Labute approximate surface area is 125 Å². The molecule has 0 bridgehead atoms. The van der Waals surface area contributed by atoms with Gasteiger partial charge in [0.1, 0.15) is 5.82 Å². The molecule has 1 aromatic heterocycles. The molecule has 0 fully saturated rings. The second-order valence-corrected chi connectivity index (χ2v) is 6.47. The Kier molecular flexibility index (Phi) is 7.10. The van der Waals surface area contributed by atoms with Crippen LogP contribution in [0.5, 0.6) is 0 Å². The highest BCUT2D eigenvalue weighted by Crippen LogP contribution is 2.05. The van der Waals surface area contributed by atoms with Gasteiger partial charge in [0.2, 0.25) is 10.0 Å². The molecule has 0 saturated carbocycles. The third-order valence-corrected chi connectivity index (χ3v) is 3.31. The van der Waals surface area contributed by atoms with E-state index >= 15 is 0 Å². The number of hydrogen-bond acceptors (Lipinski definition) is 5. The molecule has 1 heterocycles. The van der Waals surface area contributed by atoms with Gasteiger partial charge >= 0.3 is 0 Å². The first-order chi connectivity index (χ1) is 9.92. The number of anilines is 1. The van der Waals surface area contributed by atoms with Gasteiger partial charge < -0.3 is 10.6 Å². The Morgan fingerprint density at radius 3 is 2.57 bits per heavy atom. The molecular formula is C13H22N4O3S. The predicted octanol–water partition coefficient (Wildman–Crippen LogP) is 0.573. The Bertz CT molecular complexity index is 543. The lowest BCUT2D eigenvalue weighted by Crippen LogP contribution is -2.29. The minimum atomic E-state index is -3.17. The lowest BCUT2D eigenvalue weighted by molar-refractivity contribution is 0.0953. The second-order valence-electron chi connectivity index (χ2n) is 4.63. The third-order valence-electron chi connectivity index (χ3n) is 2.59. The summed E-state index contributed by atoms with van der Waals surface area (Å²) in [5, 5.41) is 5.84. The highest BCUT2D eigenvalue weighted by molar-refractivity contribution is 7.88. The van der Waals surface area contributed by atoms with Crippen molar-refractivity contribution in [3.8, 4) is 0 Å². The maximum Gasteiger partial charge on any atom is 0.252 e. The summed E-state index contributed by atoms with van der Waals surface area (Å²) in [6.45, 7) is 3.60. The van der Waals surface area contributed by atoms with E-state index in [1.807, 2.05) is 0 Å². The summed E-state index contributed by atoms with van der Waals surface area (Å²) in [5.74, 6) is 0.523. The molecule has 0 spiro atoms. The van der Waals surface area contributed by atoms with Crippen molar-refractivity contribution in [2.24, 2.45) is 0 Å². The summed E-state index contributed by atoms with van der Waals surface area (Å²) in [5.41, 5.74) is 0.480. The molecule has 0 aliphatic heterocycles. The molecule has 0 aromatic carbocycles. The van der Waals surface area contributed by atoms with Crippen molar-refractivity contribution in [2.75, 3.05) is 31.2 Å². The van der Waals surface area contributed by atoms with Crippen LogP contribution in [-0.4, -0.2) is 45.2 Å². The maximum absolute atomic E-state index is 11.8. The van der Waals surface area contributed by atoms with E-state index in [0.29, 0.717) is 25.1 Å². The zero-order valence-electron chi connectivity index (χ0n) is 12.3. The summed E-state index contributed by atoms with van der Waals surface area (Å²) >= 11 is 0. The molecular weight excluding hydrogens is 292 g/mol. The number of nitrogens with one attached hydrogen (secondary N) is 3. The molecule has 0 radical (unpaired) electrons. The van der Waals surface area contributed by atoms with Crippen molar-refractivity contribution in [2.45, 2.75) is 19.8 Å². The number of amides is 1. The topological polar surface area (TPSA) is 100 Å². The first kappa shape index (κ1) is 17.4. The summed E-state index contributed by atoms with van der Waals surface area (Å²) in [4.78, 5) is 16.0. The van der Waals surface area contributed by atoms with Gasteiger partial charge in [0, 0.05) is 25.8 Å². The molecule has 8 heteroatoms. The van der Waals surface area contributed by atoms with Gasteiger partial charge in [-0.15, -0.1) is 0 Å². The highest BCUT2D eigenvalue weighted by Gasteiger charge is 2.05. The standard InChI is InChI=1S/C13H22N4O3S/c1-3-7-14-12-6-5-11(10-16-12)13(18)15-8-4-9-17-21(2,19)20/h5-6,10,17H,3-4,7-9H2,1-2H3,(H,14,16)(H,15,18). The summed E-state index contributed by atoms with van der Waals surface area (Å²) in [6, 6.07) is 3.46. The first-order valence-corrected chi connectivity index (χ1v) is 8.74. The van der Waals surface area contributed by atoms with Crippen LogP contribution < -0.4 is 15.4 Å². The van der Waals surface area contributed by atoms with Crippen LogP contribution in [0.4, 0.5) is 5.82 Å². The molecule has 0 aliphatic rings. The van der Waals surface area contributed by atoms with Crippen molar-refractivity contribution in [1.29, 1.82) is 0 Å². The van der Waals surface area contributed by atoms with Gasteiger partial charge in [-0.25, -0.2) is 18.1 Å². The summed E-state index contributed by atoms with van der Waals surface area (Å²) < 4.78 is 24.1. The predicted molar refractivity (Wildman–Crippen MR) is 82.8 cm³/mol. The van der Waals surface area contributed by atoms with Crippen molar-refractivity contribution >= 4 is 21.7 Å². The van der Waals surface area contributed by atoms with E-state index in [1.54, 1.807) is 12.1 Å². The zero-order valence-corrected chi connectivity index (χ0v) is 13.2. The minimum Gasteiger partial charge on any atom is -0.370 e. The second kappa shape index (κ2) is 8.58. The largest absolute Gasteiger partial charge is 0.370 e. The normalized spacial score (nSPS) is 11.1. The lowest BCUT2D eigenvalue weighted by Gasteiger charge is -2.07. The van der Waals surface area contributed by atoms with E-state index in [4.69, 9.17) is 0 Å². The summed E-state index contributed by atoms with van der Waals surface area (Å²) in [7, 11) is -3.17. The number of sulfonamides is 1. The quantitative estimate of drug-likeness (QED) is 0.579. The van der Waals surface area contributed by atoms with E-state index in [9.17, 15) is 13.2 Å². The number of nitrogens with zero attached hydrogens (tertiary/aromatic N) is 1. The van der Waals surface area contributed by atoms with E-state index in [2.05, 4.69) is 27.3 Å². The van der Waals surface area contributed by atoms with Crippen LogP contribution in [-0.2, 0) is 10.0 Å². The van der Waals surface area contributed by atoms with Gasteiger partial charge in [0.05, 0.1) is 11.8 Å². The molecule has 1 rings (SSSR count). The Morgan fingerprint density at radius 1 is 1.24 bits per heavy atom. The van der Waals surface area contributed by atoms with E-state index in [-0.39, 0.29) is 5.91 Å². The molecule has 7 nitrogen and oxygen atoms in total. The Hall–Kier alpha value is -1.67. The molecule has 0 unspecified atom stereocenters. The fraction of sp³-hybridized carbons (Fsp3) is 0.538. The van der Waals surface area contributed by atoms with Gasteiger partial charge in [-0.2, -0.15) is 0 Å². The number of carbonyl (C=O) groups is 1. The molecule has 118 valence electrons. The van der Waals surface area contributed by atoms with Crippen LogP contribution >= 0.6 is 0 Å². The number of carbonyl (C=O) groups excluding carboxylic acids is 1. The van der Waals surface area contributed by atoms with E-state index in [1.165, 1.54) is 6.20 Å². The van der Waals surface area contributed by atoms with Crippen LogP contribution in [0.2, 0.25) is 0 Å². The van der Waals surface area contributed by atoms with Crippen molar-refractivity contribution in [3.05, 3.63) is 23.9 Å². The van der Waals surface area contributed by atoms with Crippen LogP contribution in [0.3, 0.4) is 0 Å². The number of pyridine rings is 1. The van der Waals surface area contributed by atoms with E-state index in [0.717, 1.165) is 25.0 Å². The van der Waals surface area contributed by atoms with Gasteiger partial charge in [0.25, 0.3) is 5.91 Å². The van der Waals surface area contributed by atoms with Crippen LogP contribution in [0.25, 0.3) is 0 Å². The first-order valence-electron chi connectivity index (χ1n) is 6.85. The maximum atomic E-state index is 11.8. The molecule has 21 heavy (non-hydrogen) atoms. The fourth-order valence-electron chi connectivity index (χ4n) is 1.54. The molecule has 0 saturated heterocycles. The smallest absolute Gasteiger partial charge is 0.252 e. The number of hydrogen-bond donors (Lipinski definition) is 3. The molecule has 1 amide bonds. The van der Waals surface area contributed by atoms with Crippen molar-refractivity contribution in [3.63, 3.8) is 0 Å². The third kappa shape index (κ3) is 7.62. The van der Waals surface area contributed by atoms with E-state index < -0.39 is 10.0 Å². The van der Waals surface area contributed by atoms with Gasteiger partial charge in [-0.1, -0.05) is 6.92 Å². The molecule has 0 aliphatic carbocycles. The minimum absolute atomic E-state index is 0.219. The van der Waals surface area contributed by atoms with Crippen LogP contribution in [0.15, 0.2) is 18.3 Å². The van der Waals surface area contributed by atoms with Crippen LogP contribution in [0, 0.1) is 0 Å². The summed E-state index contributed by atoms with van der Waals surface area (Å²) in [6.07, 6.45) is 4.15. The van der Waals surface area contributed by atoms with Crippen molar-refractivity contribution < 1.29 is 13.2 Å². The number of aromatic nitrogens is 1. The Morgan fingerprint density at radius 2 is 2.00 bits per heavy atom. The van der Waals surface area contributed by atoms with Gasteiger partial charge in [-0.3, -0.25) is 4.79 Å². The average molecular weight is 314 g/mol. The highest BCUT2D eigenvalue weighted by atomic mass is 32.2. The molecule has 1 aromatic rings. The van der Waals surface area contributed by atoms with Gasteiger partial charge in [-0.05, 0) is 25.0 Å². The Balaban J connectivity index is 2.31. The SMILES string of the molecule is CCCNc1ccc(C(=O)NCCCNS(C)(=O)=O)cn1. The molecule has 0 atom stereocenters. The lowest BCUT2D eigenvalue weighted by atomic mass is 10.2. The van der Waals surface area contributed by atoms with Crippen LogP contribution in [0.1, 0.15) is 30.1 Å². The number of rotatable bonds is 9. The molecule has 3 N–H and O–H groups in total.